The van der Waals surface area contributed by atoms with E-state index in [0.717, 1.165) is 11.4 Å². The van der Waals surface area contributed by atoms with Gasteiger partial charge in [0.25, 0.3) is 0 Å². The summed E-state index contributed by atoms with van der Waals surface area (Å²) in [6.07, 6.45) is -0.380. The Morgan fingerprint density at radius 1 is 1.30 bits per heavy atom. The zero-order valence-corrected chi connectivity index (χ0v) is 14.4. The molecule has 1 aromatic carbocycles. The minimum Gasteiger partial charge on any atom is -0.497 e. The van der Waals surface area contributed by atoms with E-state index in [1.165, 1.54) is 4.90 Å². The molecule has 0 saturated heterocycles. The van der Waals surface area contributed by atoms with E-state index < -0.39 is 5.60 Å². The predicted octanol–water partition coefficient (Wildman–Crippen LogP) is 2.29. The Labute approximate surface area is 137 Å². The number of amides is 1. The second-order valence-corrected chi connectivity index (χ2v) is 6.02. The normalized spacial score (nSPS) is 11.8. The van der Waals surface area contributed by atoms with Crippen LogP contribution in [0.25, 0.3) is 0 Å². The molecule has 0 aliphatic heterocycles. The molecule has 128 valence electrons. The summed E-state index contributed by atoms with van der Waals surface area (Å²) >= 11 is 0. The monoisotopic (exact) mass is 322 g/mol. The molecule has 7 heteroatoms. The van der Waals surface area contributed by atoms with Gasteiger partial charge in [-0.15, -0.1) is 0 Å². The number of aliphatic imine (C=N–C) groups is 1. The minimum atomic E-state index is -0.510. The van der Waals surface area contributed by atoms with E-state index in [1.807, 2.05) is 45.0 Å². The lowest BCUT2D eigenvalue weighted by molar-refractivity contribution is 0.0304. The van der Waals surface area contributed by atoms with Gasteiger partial charge in [0.15, 0.2) is 5.96 Å². The third-order valence-electron chi connectivity index (χ3n) is 2.79. The number of ether oxygens (including phenoxy) is 2. The Hall–Kier alpha value is -2.44. The van der Waals surface area contributed by atoms with Crippen LogP contribution in [-0.4, -0.2) is 49.8 Å². The standard InChI is InChI=1S/C16H26N4O3/c1-16(2,3)23-15(21)20(4)11-10-18-14(17)19-12-6-8-13(22-5)9-7-12/h6-9H,10-11H2,1-5H3,(H3,17,18,19). The van der Waals surface area contributed by atoms with E-state index in [2.05, 4.69) is 10.3 Å². The zero-order valence-electron chi connectivity index (χ0n) is 14.4. The van der Waals surface area contributed by atoms with Crippen LogP contribution in [0.15, 0.2) is 29.3 Å². The number of guanidine groups is 1. The fraction of sp³-hybridized carbons (Fsp3) is 0.500. The smallest absolute Gasteiger partial charge is 0.410 e. The van der Waals surface area contributed by atoms with Crippen molar-refractivity contribution in [2.24, 2.45) is 10.7 Å². The molecule has 1 rings (SSSR count). The maximum absolute atomic E-state index is 11.8. The molecule has 23 heavy (non-hydrogen) atoms. The summed E-state index contributed by atoms with van der Waals surface area (Å²) in [5.74, 6) is 1.05. The molecule has 1 amide bonds. The van der Waals surface area contributed by atoms with Crippen molar-refractivity contribution in [3.05, 3.63) is 24.3 Å². The maximum atomic E-state index is 11.8. The number of carbonyl (C=O) groups excluding carboxylic acids is 1. The fourth-order valence-corrected chi connectivity index (χ4v) is 1.61. The van der Waals surface area contributed by atoms with Gasteiger partial charge in [-0.1, -0.05) is 0 Å². The number of methoxy groups -OCH3 is 1. The first-order valence-electron chi connectivity index (χ1n) is 7.36. The summed E-state index contributed by atoms with van der Waals surface area (Å²) in [5, 5.41) is 2.97. The lowest BCUT2D eigenvalue weighted by Crippen LogP contribution is -2.36. The second kappa shape index (κ2) is 8.26. The summed E-state index contributed by atoms with van der Waals surface area (Å²) in [6, 6.07) is 7.33. The van der Waals surface area contributed by atoms with E-state index in [4.69, 9.17) is 15.2 Å². The minimum absolute atomic E-state index is 0.285. The van der Waals surface area contributed by atoms with E-state index >= 15 is 0 Å². The Kier molecular flexibility index (Phi) is 6.68. The van der Waals surface area contributed by atoms with Crippen molar-refractivity contribution in [3.63, 3.8) is 0 Å². The highest BCUT2D eigenvalue weighted by Gasteiger charge is 2.18. The van der Waals surface area contributed by atoms with Crippen molar-refractivity contribution < 1.29 is 14.3 Å². The Bertz CT molecular complexity index is 535. The molecule has 0 aromatic heterocycles. The average molecular weight is 322 g/mol. The topological polar surface area (TPSA) is 89.2 Å². The molecule has 0 fully saturated rings. The van der Waals surface area contributed by atoms with Crippen LogP contribution in [0.5, 0.6) is 5.75 Å². The van der Waals surface area contributed by atoms with Crippen LogP contribution in [0.3, 0.4) is 0 Å². The lowest BCUT2D eigenvalue weighted by atomic mass is 10.2. The molecule has 1 aromatic rings. The average Bonchev–Trinajstić information content (AvgIpc) is 2.46. The van der Waals surface area contributed by atoms with Crippen LogP contribution in [0, 0.1) is 0 Å². The molecule has 0 bridgehead atoms. The van der Waals surface area contributed by atoms with Gasteiger partial charge in [0.1, 0.15) is 11.4 Å². The summed E-state index contributed by atoms with van der Waals surface area (Å²) in [4.78, 5) is 17.4. The Morgan fingerprint density at radius 3 is 2.43 bits per heavy atom. The third kappa shape index (κ3) is 7.39. The van der Waals surface area contributed by atoms with Crippen molar-refractivity contribution in [2.45, 2.75) is 26.4 Å². The molecule has 0 aliphatic carbocycles. The van der Waals surface area contributed by atoms with Gasteiger partial charge in [0.2, 0.25) is 0 Å². The van der Waals surface area contributed by atoms with Gasteiger partial charge < -0.3 is 25.4 Å². The zero-order chi connectivity index (χ0) is 17.5. The van der Waals surface area contributed by atoms with Gasteiger partial charge in [0.05, 0.1) is 13.7 Å². The van der Waals surface area contributed by atoms with Gasteiger partial charge in [-0.3, -0.25) is 4.99 Å². The number of hydrogen-bond donors (Lipinski definition) is 2. The number of likely N-dealkylation sites (N-methyl/N-ethyl adjacent to an activating group) is 1. The molecule has 0 atom stereocenters. The third-order valence-corrected chi connectivity index (χ3v) is 2.79. The van der Waals surface area contributed by atoms with Gasteiger partial charge in [0, 0.05) is 19.3 Å². The van der Waals surface area contributed by atoms with Crippen molar-refractivity contribution in [2.75, 3.05) is 32.6 Å². The van der Waals surface area contributed by atoms with Crippen LogP contribution >= 0.6 is 0 Å². The number of hydrogen-bond acceptors (Lipinski definition) is 4. The van der Waals surface area contributed by atoms with E-state index in [9.17, 15) is 4.79 Å². The predicted molar refractivity (Wildman–Crippen MR) is 92.0 cm³/mol. The van der Waals surface area contributed by atoms with Gasteiger partial charge in [-0.25, -0.2) is 4.79 Å². The van der Waals surface area contributed by atoms with Gasteiger partial charge in [-0.05, 0) is 45.0 Å². The van der Waals surface area contributed by atoms with Crippen LogP contribution in [-0.2, 0) is 4.74 Å². The number of carbonyl (C=O) groups is 1. The summed E-state index contributed by atoms with van der Waals surface area (Å²) < 4.78 is 10.3. The van der Waals surface area contributed by atoms with E-state index in [-0.39, 0.29) is 12.1 Å². The first-order valence-corrected chi connectivity index (χ1v) is 7.36. The second-order valence-electron chi connectivity index (χ2n) is 6.02. The van der Waals surface area contributed by atoms with Crippen molar-refractivity contribution in [1.29, 1.82) is 0 Å². The summed E-state index contributed by atoms with van der Waals surface area (Å²) in [7, 11) is 3.27. The largest absolute Gasteiger partial charge is 0.497 e. The molecule has 0 heterocycles. The molecule has 7 nitrogen and oxygen atoms in total. The summed E-state index contributed by atoms with van der Waals surface area (Å²) in [6.45, 7) is 6.28. The van der Waals surface area contributed by atoms with Crippen LogP contribution < -0.4 is 15.8 Å². The molecule has 0 radical (unpaired) electrons. The number of nitrogens with two attached hydrogens (primary N) is 1. The van der Waals surface area contributed by atoms with Crippen molar-refractivity contribution >= 4 is 17.7 Å². The first kappa shape index (κ1) is 18.6. The molecule has 3 N–H and O–H groups in total. The van der Waals surface area contributed by atoms with E-state index in [0.29, 0.717) is 13.1 Å². The number of anilines is 1. The van der Waals surface area contributed by atoms with Gasteiger partial charge in [-0.2, -0.15) is 0 Å². The highest BCUT2D eigenvalue weighted by atomic mass is 16.6. The molecule has 0 spiro atoms. The fourth-order valence-electron chi connectivity index (χ4n) is 1.61. The van der Waals surface area contributed by atoms with Gasteiger partial charge >= 0.3 is 6.09 Å². The van der Waals surface area contributed by atoms with E-state index in [1.54, 1.807) is 14.2 Å². The number of benzene rings is 1. The number of nitrogens with zero attached hydrogens (tertiary/aromatic N) is 2. The SMILES string of the molecule is COc1ccc(NC(N)=NCCN(C)C(=O)OC(C)(C)C)cc1. The molecule has 0 unspecified atom stereocenters. The quantitative estimate of drug-likeness (QED) is 0.641. The Balaban J connectivity index is 2.42. The van der Waals surface area contributed by atoms with Crippen molar-refractivity contribution in [3.8, 4) is 5.75 Å². The molecular weight excluding hydrogens is 296 g/mol. The molecular formula is C16H26N4O3. The maximum Gasteiger partial charge on any atom is 0.410 e. The summed E-state index contributed by atoms with van der Waals surface area (Å²) in [5.41, 5.74) is 6.12. The molecule has 0 aliphatic rings. The van der Waals surface area contributed by atoms with Crippen molar-refractivity contribution in [1.82, 2.24) is 4.90 Å². The number of nitrogens with one attached hydrogen (secondary N) is 1. The molecule has 0 saturated carbocycles. The Morgan fingerprint density at radius 2 is 1.91 bits per heavy atom. The first-order chi connectivity index (χ1) is 10.7. The van der Waals surface area contributed by atoms with Crippen LogP contribution in [0.2, 0.25) is 0 Å². The highest BCUT2D eigenvalue weighted by Crippen LogP contribution is 2.14. The highest BCUT2D eigenvalue weighted by molar-refractivity contribution is 5.92. The number of rotatable bonds is 5. The lowest BCUT2D eigenvalue weighted by Gasteiger charge is -2.24. The van der Waals surface area contributed by atoms with Crippen LogP contribution in [0.4, 0.5) is 10.5 Å². The van der Waals surface area contributed by atoms with Crippen LogP contribution in [0.1, 0.15) is 20.8 Å².